The minimum atomic E-state index is -0.410. The van der Waals surface area contributed by atoms with Crippen LogP contribution in [0.15, 0.2) is 62.5 Å². The molecule has 2 aromatic heterocycles. The van der Waals surface area contributed by atoms with Crippen molar-refractivity contribution < 1.29 is 13.9 Å². The first kappa shape index (κ1) is 17.3. The maximum Gasteiger partial charge on any atom is 0.297 e. The van der Waals surface area contributed by atoms with Gasteiger partial charge >= 0.3 is 0 Å². The smallest absolute Gasteiger partial charge is 0.297 e. The van der Waals surface area contributed by atoms with E-state index in [-0.39, 0.29) is 18.0 Å². The second kappa shape index (κ2) is 6.88. The van der Waals surface area contributed by atoms with Gasteiger partial charge in [-0.25, -0.2) is 4.98 Å². The molecule has 4 aromatic rings. The first-order valence-corrected chi connectivity index (χ1v) is 8.86. The zero-order valence-electron chi connectivity index (χ0n) is 14.2. The Hall–Kier alpha value is -3.13. The molecule has 27 heavy (non-hydrogen) atoms. The first-order chi connectivity index (χ1) is 13.1. The van der Waals surface area contributed by atoms with Crippen LogP contribution in [0, 0.1) is 0 Å². The fraction of sp³-hybridized carbons (Fsp3) is 0.105. The van der Waals surface area contributed by atoms with E-state index in [0.29, 0.717) is 22.5 Å². The third-order valence-electron chi connectivity index (χ3n) is 4.10. The van der Waals surface area contributed by atoms with Crippen LogP contribution in [-0.4, -0.2) is 22.6 Å². The van der Waals surface area contributed by atoms with E-state index >= 15 is 0 Å². The minimum absolute atomic E-state index is 0.131. The zero-order chi connectivity index (χ0) is 19.0. The standard InChI is InChI=1S/C19H14BrN3O4/c1-26-15-7-6-11(20)8-13(15)22-16(24)9-23-10-21-17-12-4-2-3-5-14(12)27-18(17)19(23)25/h2-8,10H,9H2,1H3,(H,22,24). The highest BCUT2D eigenvalue weighted by Crippen LogP contribution is 2.28. The van der Waals surface area contributed by atoms with Crippen LogP contribution in [0.1, 0.15) is 0 Å². The van der Waals surface area contributed by atoms with Crippen molar-refractivity contribution in [2.24, 2.45) is 0 Å². The van der Waals surface area contributed by atoms with Crippen LogP contribution in [0.25, 0.3) is 22.1 Å². The summed E-state index contributed by atoms with van der Waals surface area (Å²) in [6.07, 6.45) is 1.35. The van der Waals surface area contributed by atoms with Gasteiger partial charge in [0.15, 0.2) is 0 Å². The van der Waals surface area contributed by atoms with Crippen molar-refractivity contribution in [3.8, 4) is 5.75 Å². The summed E-state index contributed by atoms with van der Waals surface area (Å²) in [5, 5.41) is 3.50. The highest BCUT2D eigenvalue weighted by Gasteiger charge is 2.15. The number of hydrogen-bond donors (Lipinski definition) is 1. The van der Waals surface area contributed by atoms with Crippen LogP contribution >= 0.6 is 15.9 Å². The lowest BCUT2D eigenvalue weighted by Crippen LogP contribution is -2.27. The van der Waals surface area contributed by atoms with Crippen molar-refractivity contribution in [2.45, 2.75) is 6.54 Å². The van der Waals surface area contributed by atoms with E-state index in [9.17, 15) is 9.59 Å². The predicted molar refractivity (Wildman–Crippen MR) is 105 cm³/mol. The molecule has 7 nitrogen and oxygen atoms in total. The number of carbonyl (C=O) groups excluding carboxylic acids is 1. The SMILES string of the molecule is COc1ccc(Br)cc1NC(=O)Cn1cnc2c(oc3ccccc32)c1=O. The second-order valence-corrected chi connectivity index (χ2v) is 6.76. The molecule has 0 fully saturated rings. The number of nitrogens with zero attached hydrogens (tertiary/aromatic N) is 2. The number of methoxy groups -OCH3 is 1. The van der Waals surface area contributed by atoms with E-state index in [2.05, 4.69) is 26.2 Å². The van der Waals surface area contributed by atoms with Gasteiger partial charge in [-0.05, 0) is 30.3 Å². The summed E-state index contributed by atoms with van der Waals surface area (Å²) in [4.78, 5) is 29.4. The monoisotopic (exact) mass is 427 g/mol. The van der Waals surface area contributed by atoms with Gasteiger partial charge in [0.25, 0.3) is 5.56 Å². The number of ether oxygens (including phenoxy) is 1. The quantitative estimate of drug-likeness (QED) is 0.537. The number of furan rings is 1. The van der Waals surface area contributed by atoms with Crippen LogP contribution in [0.2, 0.25) is 0 Å². The molecule has 0 saturated carbocycles. The summed E-state index contributed by atoms with van der Waals surface area (Å²) in [7, 11) is 1.52. The summed E-state index contributed by atoms with van der Waals surface area (Å²) in [6.45, 7) is -0.200. The highest BCUT2D eigenvalue weighted by molar-refractivity contribution is 9.10. The van der Waals surface area contributed by atoms with Crippen LogP contribution in [0.5, 0.6) is 5.75 Å². The molecule has 1 amide bonds. The number of benzene rings is 2. The van der Waals surface area contributed by atoms with Crippen molar-refractivity contribution in [1.29, 1.82) is 0 Å². The second-order valence-electron chi connectivity index (χ2n) is 5.85. The number of fused-ring (bicyclic) bond motifs is 3. The Morgan fingerprint density at radius 3 is 2.93 bits per heavy atom. The molecule has 136 valence electrons. The Morgan fingerprint density at radius 2 is 2.11 bits per heavy atom. The average molecular weight is 428 g/mol. The van der Waals surface area contributed by atoms with E-state index in [4.69, 9.17) is 9.15 Å². The normalized spacial score (nSPS) is 11.0. The molecule has 1 N–H and O–H groups in total. The number of rotatable bonds is 4. The largest absolute Gasteiger partial charge is 0.495 e. The van der Waals surface area contributed by atoms with Gasteiger partial charge in [0, 0.05) is 9.86 Å². The van der Waals surface area contributed by atoms with Crippen molar-refractivity contribution in [2.75, 3.05) is 12.4 Å². The summed E-state index contributed by atoms with van der Waals surface area (Å²) in [5.74, 6) is 0.135. The Balaban J connectivity index is 1.64. The van der Waals surface area contributed by atoms with Crippen LogP contribution in [0.4, 0.5) is 5.69 Å². The molecule has 8 heteroatoms. The van der Waals surface area contributed by atoms with Gasteiger partial charge in [-0.15, -0.1) is 0 Å². The molecule has 0 spiro atoms. The maximum atomic E-state index is 12.7. The van der Waals surface area contributed by atoms with Crippen LogP contribution in [-0.2, 0) is 11.3 Å². The van der Waals surface area contributed by atoms with E-state index in [1.807, 2.05) is 18.2 Å². The molecule has 2 heterocycles. The zero-order valence-corrected chi connectivity index (χ0v) is 15.8. The fourth-order valence-corrected chi connectivity index (χ4v) is 3.21. The van der Waals surface area contributed by atoms with Gasteiger partial charge in [0.1, 0.15) is 23.4 Å². The number of aromatic nitrogens is 2. The number of amides is 1. The number of nitrogens with one attached hydrogen (secondary N) is 1. The molecule has 0 aliphatic rings. The van der Waals surface area contributed by atoms with Crippen LogP contribution < -0.4 is 15.6 Å². The molecule has 0 bridgehead atoms. The molecular weight excluding hydrogens is 414 g/mol. The van der Waals surface area contributed by atoms with E-state index in [1.165, 1.54) is 18.0 Å². The lowest BCUT2D eigenvalue weighted by Gasteiger charge is -2.11. The minimum Gasteiger partial charge on any atom is -0.495 e. The van der Waals surface area contributed by atoms with Gasteiger partial charge in [0.05, 0.1) is 19.1 Å². The Kier molecular flexibility index (Phi) is 4.41. The summed E-state index contributed by atoms with van der Waals surface area (Å²) in [6, 6.07) is 12.5. The third-order valence-corrected chi connectivity index (χ3v) is 4.59. The summed E-state index contributed by atoms with van der Waals surface area (Å²) < 4.78 is 12.9. The van der Waals surface area contributed by atoms with Crippen molar-refractivity contribution >= 4 is 49.6 Å². The topological polar surface area (TPSA) is 86.4 Å². The Labute approximate surface area is 161 Å². The molecule has 0 aliphatic carbocycles. The number of halogens is 1. The highest BCUT2D eigenvalue weighted by atomic mass is 79.9. The molecule has 0 saturated heterocycles. The van der Waals surface area contributed by atoms with Gasteiger partial charge in [-0.3, -0.25) is 14.2 Å². The first-order valence-electron chi connectivity index (χ1n) is 8.07. The molecule has 0 unspecified atom stereocenters. The molecular formula is C19H14BrN3O4. The van der Waals surface area contributed by atoms with Gasteiger partial charge < -0.3 is 14.5 Å². The maximum absolute atomic E-state index is 12.7. The molecule has 4 rings (SSSR count). The molecule has 0 atom stereocenters. The van der Waals surface area contributed by atoms with Crippen molar-refractivity contribution in [3.05, 3.63) is 63.6 Å². The molecule has 2 aromatic carbocycles. The van der Waals surface area contributed by atoms with Crippen molar-refractivity contribution in [3.63, 3.8) is 0 Å². The summed E-state index contributed by atoms with van der Waals surface area (Å²) in [5.41, 5.74) is 1.29. The van der Waals surface area contributed by atoms with Crippen LogP contribution in [0.3, 0.4) is 0 Å². The van der Waals surface area contributed by atoms with Gasteiger partial charge in [0.2, 0.25) is 11.5 Å². The Bertz CT molecular complexity index is 1230. The fourth-order valence-electron chi connectivity index (χ4n) is 2.85. The molecule has 0 radical (unpaired) electrons. The number of carbonyl (C=O) groups is 1. The van der Waals surface area contributed by atoms with E-state index in [0.717, 1.165) is 9.86 Å². The summed E-state index contributed by atoms with van der Waals surface area (Å²) >= 11 is 3.35. The van der Waals surface area contributed by atoms with Gasteiger partial charge in [-0.1, -0.05) is 28.1 Å². The number of hydrogen-bond acceptors (Lipinski definition) is 5. The predicted octanol–water partition coefficient (Wildman–Crippen LogP) is 3.55. The van der Waals surface area contributed by atoms with E-state index < -0.39 is 5.56 Å². The lowest BCUT2D eigenvalue weighted by molar-refractivity contribution is -0.116. The average Bonchev–Trinajstić information content (AvgIpc) is 3.04. The van der Waals surface area contributed by atoms with E-state index in [1.54, 1.807) is 24.3 Å². The number of anilines is 1. The number of para-hydroxylation sites is 1. The lowest BCUT2D eigenvalue weighted by atomic mass is 10.2. The molecule has 0 aliphatic heterocycles. The Morgan fingerprint density at radius 1 is 1.30 bits per heavy atom. The van der Waals surface area contributed by atoms with Crippen molar-refractivity contribution in [1.82, 2.24) is 9.55 Å². The third kappa shape index (κ3) is 3.19. The van der Waals surface area contributed by atoms with Gasteiger partial charge in [-0.2, -0.15) is 0 Å².